The lowest BCUT2D eigenvalue weighted by Crippen LogP contribution is -2.53. The van der Waals surface area contributed by atoms with Crippen molar-refractivity contribution in [3.05, 3.63) is 76.4 Å². The first kappa shape index (κ1) is 29.7. The van der Waals surface area contributed by atoms with Gasteiger partial charge in [0.05, 0.1) is 10.7 Å². The van der Waals surface area contributed by atoms with Crippen molar-refractivity contribution in [3.8, 4) is 33.8 Å². The van der Waals surface area contributed by atoms with Gasteiger partial charge in [0.2, 0.25) is 0 Å². The number of anilines is 2. The lowest BCUT2D eigenvalue weighted by atomic mass is 10.00. The quantitative estimate of drug-likeness (QED) is 0.271. The maximum atomic E-state index is 12.5. The number of imidazole rings is 1. The van der Waals surface area contributed by atoms with Crippen molar-refractivity contribution in [2.75, 3.05) is 57.3 Å². The summed E-state index contributed by atoms with van der Waals surface area (Å²) in [5, 5.41) is 3.64. The lowest BCUT2D eigenvalue weighted by molar-refractivity contribution is 0.0517. The molecule has 3 heterocycles. The van der Waals surface area contributed by atoms with Gasteiger partial charge >= 0.3 is 5.69 Å². The van der Waals surface area contributed by atoms with E-state index in [4.69, 9.17) is 26.1 Å². The van der Waals surface area contributed by atoms with E-state index < -0.39 is 0 Å². The zero-order valence-electron chi connectivity index (χ0n) is 25.1. The largest absolute Gasteiger partial charge is 0.465 e. The van der Waals surface area contributed by atoms with Crippen LogP contribution in [0, 0.1) is 0 Å². The first-order chi connectivity index (χ1) is 20.1. The van der Waals surface area contributed by atoms with E-state index in [1.54, 1.807) is 26.6 Å². The fourth-order valence-electron chi connectivity index (χ4n) is 5.34. The van der Waals surface area contributed by atoms with E-state index in [1.807, 2.05) is 31.3 Å². The summed E-state index contributed by atoms with van der Waals surface area (Å²) in [4.78, 5) is 22.4. The van der Waals surface area contributed by atoms with Gasteiger partial charge in [0.25, 0.3) is 0 Å². The number of methoxy groups -OCH3 is 1. The van der Waals surface area contributed by atoms with Crippen LogP contribution in [0.5, 0.6) is 5.75 Å². The minimum Gasteiger partial charge on any atom is -0.465 e. The smallest absolute Gasteiger partial charge is 0.332 e. The Morgan fingerprint density at radius 2 is 1.76 bits per heavy atom. The van der Waals surface area contributed by atoms with Crippen LogP contribution in [-0.2, 0) is 11.8 Å². The highest BCUT2D eigenvalue weighted by Gasteiger charge is 2.26. The van der Waals surface area contributed by atoms with Crippen LogP contribution in [0.1, 0.15) is 20.8 Å². The van der Waals surface area contributed by atoms with Gasteiger partial charge in [0.15, 0.2) is 12.5 Å². The molecule has 5 rings (SSSR count). The van der Waals surface area contributed by atoms with Gasteiger partial charge in [0, 0.05) is 82.1 Å². The van der Waals surface area contributed by atoms with Crippen LogP contribution in [0.15, 0.2) is 65.7 Å². The molecule has 1 aliphatic rings. The summed E-state index contributed by atoms with van der Waals surface area (Å²) in [5.74, 6) is 1.28. The molecule has 1 saturated heterocycles. The summed E-state index contributed by atoms with van der Waals surface area (Å²) < 4.78 is 14.6. The van der Waals surface area contributed by atoms with Gasteiger partial charge in [-0.3, -0.25) is 9.47 Å². The maximum absolute atomic E-state index is 12.5. The lowest BCUT2D eigenvalue weighted by Gasteiger charge is -2.43. The average Bonchev–Trinajstić information content (AvgIpc) is 3.32. The Labute approximate surface area is 252 Å². The molecule has 222 valence electrons. The summed E-state index contributed by atoms with van der Waals surface area (Å²) >= 11 is 6.75. The zero-order valence-corrected chi connectivity index (χ0v) is 25.9. The monoisotopic (exact) mass is 590 g/mol. The Hall–Kier alpha value is -3.79. The Morgan fingerprint density at radius 1 is 1.00 bits per heavy atom. The molecular weight excluding hydrogens is 552 g/mol. The molecule has 0 atom stereocenters. The summed E-state index contributed by atoms with van der Waals surface area (Å²) in [7, 11) is 5.14. The van der Waals surface area contributed by atoms with Crippen molar-refractivity contribution in [2.45, 2.75) is 26.3 Å². The number of benzene rings is 2. The van der Waals surface area contributed by atoms with E-state index >= 15 is 0 Å². The topological polar surface area (TPSA) is 76.8 Å². The molecule has 1 N–H and O–H groups in total. The molecule has 0 saturated carbocycles. The zero-order chi connectivity index (χ0) is 30.0. The van der Waals surface area contributed by atoms with E-state index in [0.29, 0.717) is 28.0 Å². The third kappa shape index (κ3) is 6.04. The van der Waals surface area contributed by atoms with Crippen LogP contribution >= 0.6 is 11.6 Å². The molecule has 2 aromatic heterocycles. The fraction of sp³-hybridized carbons (Fsp3) is 0.375. The molecule has 0 aliphatic carbocycles. The molecule has 4 aromatic rings. The molecule has 0 radical (unpaired) electrons. The second-order valence-electron chi connectivity index (χ2n) is 11.5. The van der Waals surface area contributed by atoms with Crippen molar-refractivity contribution in [3.63, 3.8) is 0 Å². The van der Waals surface area contributed by atoms with Crippen LogP contribution in [0.3, 0.4) is 0 Å². The molecule has 0 unspecified atom stereocenters. The fourth-order valence-corrected chi connectivity index (χ4v) is 5.61. The summed E-state index contributed by atoms with van der Waals surface area (Å²) in [6.07, 6.45) is 3.41. The number of hydrogen-bond acceptors (Lipinski definition) is 7. The third-order valence-electron chi connectivity index (χ3n) is 7.73. The number of ether oxygens (including phenoxy) is 2. The van der Waals surface area contributed by atoms with E-state index in [1.165, 1.54) is 9.13 Å². The highest BCUT2D eigenvalue weighted by molar-refractivity contribution is 6.32. The van der Waals surface area contributed by atoms with E-state index in [-0.39, 0.29) is 18.0 Å². The minimum absolute atomic E-state index is 0.0558. The molecule has 1 fully saturated rings. The van der Waals surface area contributed by atoms with Crippen molar-refractivity contribution in [2.24, 2.45) is 7.05 Å². The van der Waals surface area contributed by atoms with Gasteiger partial charge in [-0.05, 0) is 56.7 Å². The molecule has 0 amide bonds. The molecular formula is C32H39ClN6O3. The Balaban J connectivity index is 1.56. The predicted molar refractivity (Wildman–Crippen MR) is 170 cm³/mol. The van der Waals surface area contributed by atoms with Gasteiger partial charge in [-0.15, -0.1) is 0 Å². The average molecular weight is 591 g/mol. The number of hydrogen-bond donors (Lipinski definition) is 1. The predicted octanol–water partition coefficient (Wildman–Crippen LogP) is 5.50. The van der Waals surface area contributed by atoms with Gasteiger partial charge in [-0.25, -0.2) is 9.78 Å². The second kappa shape index (κ2) is 12.2. The number of aryl methyl sites for hydroxylation is 1. The molecule has 42 heavy (non-hydrogen) atoms. The number of rotatable bonds is 8. The Morgan fingerprint density at radius 3 is 2.38 bits per heavy atom. The maximum Gasteiger partial charge on any atom is 0.332 e. The Bertz CT molecular complexity index is 1620. The van der Waals surface area contributed by atoms with Crippen LogP contribution in [0.25, 0.3) is 28.1 Å². The number of nitrogens with zero attached hydrogens (tertiary/aromatic N) is 5. The molecule has 1 aliphatic heterocycles. The third-order valence-corrected chi connectivity index (χ3v) is 8.03. The van der Waals surface area contributed by atoms with Crippen LogP contribution in [-0.4, -0.2) is 71.7 Å². The van der Waals surface area contributed by atoms with Crippen molar-refractivity contribution < 1.29 is 9.47 Å². The van der Waals surface area contributed by atoms with E-state index in [9.17, 15) is 4.79 Å². The van der Waals surface area contributed by atoms with Gasteiger partial charge in [-0.2, -0.15) is 0 Å². The number of halogens is 1. The first-order valence-electron chi connectivity index (χ1n) is 14.1. The minimum atomic E-state index is -0.169. The molecule has 9 nitrogen and oxygen atoms in total. The van der Waals surface area contributed by atoms with Crippen LogP contribution in [0.4, 0.5) is 11.5 Å². The summed E-state index contributed by atoms with van der Waals surface area (Å²) in [5.41, 5.74) is 5.01. The highest BCUT2D eigenvalue weighted by Crippen LogP contribution is 2.42. The molecule has 0 spiro atoms. The SMILES string of the molecule is CNc1cc(-c2ccc(-n3ccn(C)c3=O)c(Cl)c2)c(OCOC)c(-c2cccc(N3CCN(C(C)(C)C)CC3)c2)n1. The Kier molecular flexibility index (Phi) is 8.63. The van der Waals surface area contributed by atoms with Crippen LogP contribution < -0.4 is 20.6 Å². The first-order valence-corrected chi connectivity index (χ1v) is 14.5. The van der Waals surface area contributed by atoms with E-state index in [2.05, 4.69) is 60.2 Å². The standard InChI is InChI=1S/C32H39ClN6O3/c1-32(2,3)38-15-13-37(14-16-38)24-9-7-8-23(18-24)29-30(42-21-41-6)25(20-28(34-4)35-29)22-10-11-27(26(33)19-22)39-17-12-36(5)31(39)40/h7-12,17-20H,13-16,21H2,1-6H3,(H,34,35). The molecule has 0 bridgehead atoms. The summed E-state index contributed by atoms with van der Waals surface area (Å²) in [6.45, 7) is 10.8. The summed E-state index contributed by atoms with van der Waals surface area (Å²) in [6, 6.07) is 16.0. The van der Waals surface area contributed by atoms with Gasteiger partial charge < -0.3 is 24.3 Å². The van der Waals surface area contributed by atoms with Crippen molar-refractivity contribution >= 4 is 23.1 Å². The van der Waals surface area contributed by atoms with Gasteiger partial charge in [0.1, 0.15) is 11.5 Å². The van der Waals surface area contributed by atoms with E-state index in [0.717, 1.165) is 48.6 Å². The number of nitrogens with one attached hydrogen (secondary N) is 1. The number of aromatic nitrogens is 3. The van der Waals surface area contributed by atoms with Gasteiger partial charge in [-0.1, -0.05) is 29.8 Å². The highest BCUT2D eigenvalue weighted by atomic mass is 35.5. The number of pyridine rings is 1. The van der Waals surface area contributed by atoms with Crippen LogP contribution in [0.2, 0.25) is 5.02 Å². The molecule has 10 heteroatoms. The number of piperazine rings is 1. The van der Waals surface area contributed by atoms with Crippen molar-refractivity contribution in [1.29, 1.82) is 0 Å². The van der Waals surface area contributed by atoms with Crippen molar-refractivity contribution in [1.82, 2.24) is 19.0 Å². The molecule has 2 aromatic carbocycles. The second-order valence-corrected chi connectivity index (χ2v) is 11.9. The normalized spacial score (nSPS) is 14.3.